The van der Waals surface area contributed by atoms with Crippen molar-refractivity contribution in [3.05, 3.63) is 35.4 Å². The van der Waals surface area contributed by atoms with E-state index in [9.17, 15) is 8.78 Å². The minimum Gasteiger partial charge on any atom is -0.366 e. The number of benzene rings is 1. The van der Waals surface area contributed by atoms with Crippen LogP contribution in [0.3, 0.4) is 0 Å². The minimum absolute atomic E-state index is 0.129. The predicted molar refractivity (Wildman–Crippen MR) is 65.5 cm³/mol. The Labute approximate surface area is 106 Å². The summed E-state index contributed by atoms with van der Waals surface area (Å²) < 4.78 is 31.9. The van der Waals surface area contributed by atoms with Crippen molar-refractivity contribution in [2.45, 2.75) is 56.7 Å². The fourth-order valence-electron chi connectivity index (χ4n) is 3.35. The first kappa shape index (κ1) is 12.1. The van der Waals surface area contributed by atoms with E-state index < -0.39 is 11.6 Å². The van der Waals surface area contributed by atoms with Crippen molar-refractivity contribution in [3.8, 4) is 0 Å². The molecule has 0 bridgehead atoms. The van der Waals surface area contributed by atoms with E-state index in [0.29, 0.717) is 12.0 Å². The Balaban J connectivity index is 1.67. The number of epoxide rings is 1. The molecule has 18 heavy (non-hydrogen) atoms. The molecule has 98 valence electrons. The molecule has 1 saturated heterocycles. The summed E-state index contributed by atoms with van der Waals surface area (Å²) in [6.07, 6.45) is 5.65. The monoisotopic (exact) mass is 252 g/mol. The average molecular weight is 252 g/mol. The lowest BCUT2D eigenvalue weighted by atomic mass is 9.77. The zero-order valence-corrected chi connectivity index (χ0v) is 10.6. The van der Waals surface area contributed by atoms with E-state index in [-0.39, 0.29) is 5.60 Å². The van der Waals surface area contributed by atoms with Crippen molar-refractivity contribution in [2.24, 2.45) is 0 Å². The van der Waals surface area contributed by atoms with Crippen LogP contribution in [0.2, 0.25) is 0 Å². The quantitative estimate of drug-likeness (QED) is 0.720. The normalized spacial score (nSPS) is 34.8. The van der Waals surface area contributed by atoms with Gasteiger partial charge in [-0.1, -0.05) is 13.0 Å². The zero-order chi connectivity index (χ0) is 12.8. The number of rotatable bonds is 2. The number of hydrogen-bond donors (Lipinski definition) is 0. The van der Waals surface area contributed by atoms with E-state index in [2.05, 4.69) is 6.92 Å². The first-order valence-corrected chi connectivity index (χ1v) is 6.77. The average Bonchev–Trinajstić information content (AvgIpc) is 3.07. The van der Waals surface area contributed by atoms with Crippen molar-refractivity contribution >= 4 is 0 Å². The molecule has 1 unspecified atom stereocenters. The van der Waals surface area contributed by atoms with Crippen molar-refractivity contribution in [1.29, 1.82) is 0 Å². The lowest BCUT2D eigenvalue weighted by molar-refractivity contribution is 0.220. The highest BCUT2D eigenvalue weighted by Gasteiger charge is 2.55. The standard InChI is InChI=1S/C15H18F2O/c1-2-14-15(18-14)7-5-10(6-8-15)11-3-4-12(16)13(17)9-11/h3-4,9-10,14H,2,5-8H2,1H3. The Hall–Kier alpha value is -0.960. The Morgan fingerprint density at radius 3 is 2.50 bits per heavy atom. The fraction of sp³-hybridized carbons (Fsp3) is 0.600. The van der Waals surface area contributed by atoms with Crippen LogP contribution in [0.15, 0.2) is 18.2 Å². The predicted octanol–water partition coefficient (Wildman–Crippen LogP) is 4.17. The minimum atomic E-state index is -0.761. The highest BCUT2D eigenvalue weighted by molar-refractivity contribution is 5.23. The number of ether oxygens (including phenoxy) is 1. The highest BCUT2D eigenvalue weighted by Crippen LogP contribution is 2.52. The molecule has 0 aromatic heterocycles. The first-order valence-electron chi connectivity index (χ1n) is 6.77. The van der Waals surface area contributed by atoms with E-state index >= 15 is 0 Å². The van der Waals surface area contributed by atoms with E-state index in [1.54, 1.807) is 6.07 Å². The molecule has 2 aliphatic rings. The third-order valence-electron chi connectivity index (χ3n) is 4.52. The van der Waals surface area contributed by atoms with Gasteiger partial charge >= 0.3 is 0 Å². The second-order valence-electron chi connectivity index (χ2n) is 5.53. The van der Waals surface area contributed by atoms with Gasteiger partial charge in [-0.25, -0.2) is 8.78 Å². The van der Waals surface area contributed by atoms with Crippen LogP contribution in [-0.2, 0) is 4.74 Å². The third-order valence-corrected chi connectivity index (χ3v) is 4.52. The van der Waals surface area contributed by atoms with Gasteiger partial charge in [-0.2, -0.15) is 0 Å². The molecular formula is C15H18F2O. The molecule has 1 aliphatic heterocycles. The summed E-state index contributed by atoms with van der Waals surface area (Å²) in [7, 11) is 0. The molecule has 0 amide bonds. The summed E-state index contributed by atoms with van der Waals surface area (Å²) in [5.74, 6) is -1.14. The molecule has 0 N–H and O–H groups in total. The molecule has 1 aromatic carbocycles. The van der Waals surface area contributed by atoms with Crippen LogP contribution in [0.1, 0.15) is 50.5 Å². The zero-order valence-electron chi connectivity index (χ0n) is 10.6. The highest BCUT2D eigenvalue weighted by atomic mass is 19.2. The summed E-state index contributed by atoms with van der Waals surface area (Å²) >= 11 is 0. The van der Waals surface area contributed by atoms with Crippen molar-refractivity contribution in [1.82, 2.24) is 0 Å². The van der Waals surface area contributed by atoms with Crippen LogP contribution < -0.4 is 0 Å². The Kier molecular flexibility index (Phi) is 2.89. The van der Waals surface area contributed by atoms with E-state index in [1.165, 1.54) is 12.1 Å². The van der Waals surface area contributed by atoms with Crippen LogP contribution in [0, 0.1) is 11.6 Å². The largest absolute Gasteiger partial charge is 0.366 e. The molecule has 3 rings (SSSR count). The van der Waals surface area contributed by atoms with Gasteiger partial charge in [0.15, 0.2) is 11.6 Å². The summed E-state index contributed by atoms with van der Waals surface area (Å²) in [4.78, 5) is 0. The SMILES string of the molecule is CCC1OC12CCC(c1ccc(F)c(F)c1)CC2. The van der Waals surface area contributed by atoms with Gasteiger partial charge in [0, 0.05) is 0 Å². The van der Waals surface area contributed by atoms with E-state index in [1.807, 2.05) is 0 Å². The van der Waals surface area contributed by atoms with Crippen molar-refractivity contribution < 1.29 is 13.5 Å². The van der Waals surface area contributed by atoms with Crippen LogP contribution in [0.4, 0.5) is 8.78 Å². The van der Waals surface area contributed by atoms with Crippen LogP contribution in [-0.4, -0.2) is 11.7 Å². The fourth-order valence-corrected chi connectivity index (χ4v) is 3.35. The van der Waals surface area contributed by atoms with Crippen molar-refractivity contribution in [2.75, 3.05) is 0 Å². The second kappa shape index (κ2) is 4.30. The van der Waals surface area contributed by atoms with Gasteiger partial charge in [0.05, 0.1) is 11.7 Å². The summed E-state index contributed by atoms with van der Waals surface area (Å²) in [5.41, 5.74) is 1.06. The maximum absolute atomic E-state index is 13.2. The Bertz CT molecular complexity index is 450. The van der Waals surface area contributed by atoms with Gasteiger partial charge < -0.3 is 4.74 Å². The van der Waals surface area contributed by atoms with Crippen LogP contribution in [0.25, 0.3) is 0 Å². The first-order chi connectivity index (χ1) is 8.64. The lowest BCUT2D eigenvalue weighted by Gasteiger charge is -2.27. The third kappa shape index (κ3) is 1.95. The number of halogens is 2. The van der Waals surface area contributed by atoms with Gasteiger partial charge in [0.1, 0.15) is 0 Å². The van der Waals surface area contributed by atoms with E-state index in [4.69, 9.17) is 4.74 Å². The molecule has 2 fully saturated rings. The van der Waals surface area contributed by atoms with Gasteiger partial charge in [-0.3, -0.25) is 0 Å². The van der Waals surface area contributed by atoms with Crippen LogP contribution in [0.5, 0.6) is 0 Å². The van der Waals surface area contributed by atoms with Gasteiger partial charge in [-0.15, -0.1) is 0 Å². The molecule has 0 radical (unpaired) electrons. The Morgan fingerprint density at radius 2 is 1.94 bits per heavy atom. The molecule has 1 saturated carbocycles. The molecule has 1 atom stereocenters. The van der Waals surface area contributed by atoms with Gasteiger partial charge in [0.2, 0.25) is 0 Å². The summed E-state index contributed by atoms with van der Waals surface area (Å²) in [6, 6.07) is 4.30. The molecule has 1 spiro atoms. The van der Waals surface area contributed by atoms with Gasteiger partial charge in [0.25, 0.3) is 0 Å². The van der Waals surface area contributed by atoms with E-state index in [0.717, 1.165) is 37.7 Å². The summed E-state index contributed by atoms with van der Waals surface area (Å²) in [6.45, 7) is 2.15. The second-order valence-corrected chi connectivity index (χ2v) is 5.53. The number of hydrogen-bond acceptors (Lipinski definition) is 1. The Morgan fingerprint density at radius 1 is 1.22 bits per heavy atom. The molecule has 1 nitrogen and oxygen atoms in total. The van der Waals surface area contributed by atoms with Crippen LogP contribution >= 0.6 is 0 Å². The molecule has 1 aliphatic carbocycles. The maximum Gasteiger partial charge on any atom is 0.159 e. The smallest absolute Gasteiger partial charge is 0.159 e. The molecule has 3 heteroatoms. The topological polar surface area (TPSA) is 12.5 Å². The van der Waals surface area contributed by atoms with Crippen molar-refractivity contribution in [3.63, 3.8) is 0 Å². The molecule has 1 aromatic rings. The maximum atomic E-state index is 13.2. The lowest BCUT2D eigenvalue weighted by Crippen LogP contribution is -2.23. The van der Waals surface area contributed by atoms with Gasteiger partial charge in [-0.05, 0) is 55.7 Å². The molecular weight excluding hydrogens is 234 g/mol. The molecule has 1 heterocycles. The summed E-state index contributed by atoms with van der Waals surface area (Å²) in [5, 5.41) is 0.